The van der Waals surface area contributed by atoms with Gasteiger partial charge in [-0.2, -0.15) is 5.10 Å². The summed E-state index contributed by atoms with van der Waals surface area (Å²) in [4.78, 5) is 13.8. The van der Waals surface area contributed by atoms with Crippen LogP contribution in [0.3, 0.4) is 0 Å². The number of aliphatic hydroxyl groups excluding tert-OH is 1. The number of benzene rings is 1. The van der Waals surface area contributed by atoms with Gasteiger partial charge in [0.2, 0.25) is 0 Å². The summed E-state index contributed by atoms with van der Waals surface area (Å²) in [6.07, 6.45) is 1.73. The van der Waals surface area contributed by atoms with E-state index in [0.717, 1.165) is 10.9 Å². The maximum atomic E-state index is 12.1. The van der Waals surface area contributed by atoms with Gasteiger partial charge in [0.25, 0.3) is 5.91 Å². The van der Waals surface area contributed by atoms with Crippen LogP contribution in [0.2, 0.25) is 0 Å². The highest BCUT2D eigenvalue weighted by Gasteiger charge is 2.30. The summed E-state index contributed by atoms with van der Waals surface area (Å²) in [6, 6.07) is 5.51. The fraction of sp³-hybridized carbons (Fsp3) is 0.333. The zero-order valence-corrected chi connectivity index (χ0v) is 9.26. The van der Waals surface area contributed by atoms with E-state index in [4.69, 9.17) is 5.11 Å². The average Bonchev–Trinajstić information content (AvgIpc) is 2.74. The number of carbonyl (C=O) groups excluding carboxylic acids is 1. The van der Waals surface area contributed by atoms with Crippen molar-refractivity contribution in [2.75, 3.05) is 19.7 Å². The number of amides is 1. The van der Waals surface area contributed by atoms with Crippen LogP contribution in [0.25, 0.3) is 10.9 Å². The number of likely N-dealkylation sites (tertiary alicyclic amines) is 1. The van der Waals surface area contributed by atoms with Gasteiger partial charge >= 0.3 is 0 Å². The van der Waals surface area contributed by atoms with Gasteiger partial charge in [0.1, 0.15) is 0 Å². The number of aliphatic hydroxyl groups is 1. The van der Waals surface area contributed by atoms with Crippen molar-refractivity contribution < 1.29 is 9.90 Å². The molecular weight excluding hydrogens is 218 g/mol. The minimum Gasteiger partial charge on any atom is -0.396 e. The summed E-state index contributed by atoms with van der Waals surface area (Å²) in [5.41, 5.74) is 1.54. The van der Waals surface area contributed by atoms with Crippen LogP contribution in [0.4, 0.5) is 0 Å². The number of rotatable bonds is 2. The minimum atomic E-state index is 0.0196. The van der Waals surface area contributed by atoms with Crippen LogP contribution < -0.4 is 0 Å². The fourth-order valence-corrected chi connectivity index (χ4v) is 2.10. The van der Waals surface area contributed by atoms with Crippen molar-refractivity contribution in [1.82, 2.24) is 15.1 Å². The van der Waals surface area contributed by atoms with E-state index >= 15 is 0 Å². The third kappa shape index (κ3) is 1.68. The molecule has 1 amide bonds. The van der Waals surface area contributed by atoms with E-state index in [0.29, 0.717) is 18.7 Å². The molecule has 2 heterocycles. The van der Waals surface area contributed by atoms with Crippen LogP contribution in [0, 0.1) is 5.92 Å². The van der Waals surface area contributed by atoms with Crippen molar-refractivity contribution in [2.24, 2.45) is 5.92 Å². The van der Waals surface area contributed by atoms with E-state index < -0.39 is 0 Å². The molecule has 5 heteroatoms. The van der Waals surface area contributed by atoms with Gasteiger partial charge in [-0.3, -0.25) is 9.89 Å². The molecule has 0 radical (unpaired) electrons. The third-order valence-electron chi connectivity index (χ3n) is 3.19. The van der Waals surface area contributed by atoms with Gasteiger partial charge in [0.15, 0.2) is 0 Å². The molecule has 1 fully saturated rings. The molecule has 1 aliphatic heterocycles. The lowest BCUT2D eigenvalue weighted by Crippen LogP contribution is -2.51. The molecule has 0 aliphatic carbocycles. The first-order chi connectivity index (χ1) is 8.28. The minimum absolute atomic E-state index is 0.0196. The molecule has 2 N–H and O–H groups in total. The predicted molar refractivity (Wildman–Crippen MR) is 62.6 cm³/mol. The Hall–Kier alpha value is -1.88. The number of carbonyl (C=O) groups is 1. The molecule has 0 saturated carbocycles. The Morgan fingerprint density at radius 1 is 1.53 bits per heavy atom. The van der Waals surface area contributed by atoms with E-state index in [1.54, 1.807) is 11.1 Å². The number of aromatic amines is 1. The number of aromatic nitrogens is 2. The molecule has 88 valence electrons. The maximum absolute atomic E-state index is 12.1. The lowest BCUT2D eigenvalue weighted by atomic mass is 10.00. The molecule has 0 unspecified atom stereocenters. The molecule has 1 aliphatic rings. The van der Waals surface area contributed by atoms with Crippen LogP contribution in [-0.2, 0) is 0 Å². The average molecular weight is 231 g/mol. The maximum Gasteiger partial charge on any atom is 0.253 e. The third-order valence-corrected chi connectivity index (χ3v) is 3.19. The monoisotopic (exact) mass is 231 g/mol. The van der Waals surface area contributed by atoms with E-state index in [2.05, 4.69) is 10.2 Å². The molecule has 0 atom stereocenters. The van der Waals surface area contributed by atoms with E-state index in [1.807, 2.05) is 18.2 Å². The molecule has 2 aromatic rings. The number of nitrogens with zero attached hydrogens (tertiary/aromatic N) is 2. The number of hydrogen-bond donors (Lipinski definition) is 2. The van der Waals surface area contributed by atoms with Crippen molar-refractivity contribution in [2.45, 2.75) is 0 Å². The Morgan fingerprint density at radius 2 is 2.35 bits per heavy atom. The summed E-state index contributed by atoms with van der Waals surface area (Å²) in [7, 11) is 0. The quantitative estimate of drug-likeness (QED) is 0.796. The van der Waals surface area contributed by atoms with Crippen molar-refractivity contribution in [3.05, 3.63) is 30.0 Å². The van der Waals surface area contributed by atoms with Gasteiger partial charge < -0.3 is 10.0 Å². The summed E-state index contributed by atoms with van der Waals surface area (Å²) in [5, 5.41) is 16.7. The Bertz CT molecular complexity index is 558. The van der Waals surface area contributed by atoms with E-state index in [9.17, 15) is 4.79 Å². The van der Waals surface area contributed by atoms with Crippen molar-refractivity contribution in [1.29, 1.82) is 0 Å². The van der Waals surface area contributed by atoms with Gasteiger partial charge in [-0.25, -0.2) is 0 Å². The molecule has 0 bridgehead atoms. The van der Waals surface area contributed by atoms with Crippen LogP contribution in [0.1, 0.15) is 10.4 Å². The van der Waals surface area contributed by atoms with Gasteiger partial charge in [0, 0.05) is 36.6 Å². The smallest absolute Gasteiger partial charge is 0.253 e. The Morgan fingerprint density at radius 3 is 3.12 bits per heavy atom. The zero-order chi connectivity index (χ0) is 11.8. The number of fused-ring (bicyclic) bond motifs is 1. The van der Waals surface area contributed by atoms with Crippen LogP contribution in [-0.4, -0.2) is 45.8 Å². The molecule has 0 spiro atoms. The second-order valence-corrected chi connectivity index (χ2v) is 4.43. The van der Waals surface area contributed by atoms with Gasteiger partial charge in [-0.15, -0.1) is 0 Å². The van der Waals surface area contributed by atoms with Crippen molar-refractivity contribution in [3.8, 4) is 0 Å². The van der Waals surface area contributed by atoms with Crippen LogP contribution in [0.5, 0.6) is 0 Å². The largest absolute Gasteiger partial charge is 0.396 e. The lowest BCUT2D eigenvalue weighted by Gasteiger charge is -2.38. The topological polar surface area (TPSA) is 69.2 Å². The molecule has 1 aromatic carbocycles. The summed E-state index contributed by atoms with van der Waals surface area (Å²) < 4.78 is 0. The van der Waals surface area contributed by atoms with Gasteiger partial charge in [0.05, 0.1) is 11.7 Å². The molecule has 17 heavy (non-hydrogen) atoms. The fourth-order valence-electron chi connectivity index (χ4n) is 2.10. The molecule has 5 nitrogen and oxygen atoms in total. The zero-order valence-electron chi connectivity index (χ0n) is 9.26. The van der Waals surface area contributed by atoms with E-state index in [1.165, 1.54) is 0 Å². The van der Waals surface area contributed by atoms with Gasteiger partial charge in [-0.05, 0) is 12.1 Å². The summed E-state index contributed by atoms with van der Waals surface area (Å²) >= 11 is 0. The molecule has 1 saturated heterocycles. The summed E-state index contributed by atoms with van der Waals surface area (Å²) in [5.74, 6) is 0.265. The second-order valence-electron chi connectivity index (χ2n) is 4.43. The van der Waals surface area contributed by atoms with E-state index in [-0.39, 0.29) is 18.4 Å². The van der Waals surface area contributed by atoms with Crippen LogP contribution in [0.15, 0.2) is 24.4 Å². The molecule has 1 aromatic heterocycles. The first kappa shape index (κ1) is 10.3. The number of H-pyrrole nitrogens is 1. The normalized spacial score (nSPS) is 16.2. The Labute approximate surface area is 98.0 Å². The van der Waals surface area contributed by atoms with Crippen molar-refractivity contribution in [3.63, 3.8) is 0 Å². The SMILES string of the molecule is O=C(c1ccc2cn[nH]c2c1)N1CC(CO)C1. The van der Waals surface area contributed by atoms with Crippen molar-refractivity contribution >= 4 is 16.8 Å². The standard InChI is InChI=1S/C12H13N3O2/c16-7-8-5-15(6-8)12(17)9-1-2-10-4-13-14-11(10)3-9/h1-4,8,16H,5-7H2,(H,13,14). The molecular formula is C12H13N3O2. The number of hydrogen-bond acceptors (Lipinski definition) is 3. The second kappa shape index (κ2) is 3.85. The van der Waals surface area contributed by atoms with Gasteiger partial charge in [-0.1, -0.05) is 6.07 Å². The number of nitrogens with one attached hydrogen (secondary N) is 1. The highest BCUT2D eigenvalue weighted by Crippen LogP contribution is 2.20. The predicted octanol–water partition coefficient (Wildman–Crippen LogP) is 0.627. The first-order valence-corrected chi connectivity index (χ1v) is 5.61. The van der Waals surface area contributed by atoms with Crippen LogP contribution >= 0.6 is 0 Å². The first-order valence-electron chi connectivity index (χ1n) is 5.61. The summed E-state index contributed by atoms with van der Waals surface area (Å²) in [6.45, 7) is 1.45. The lowest BCUT2D eigenvalue weighted by molar-refractivity contribution is 0.0362. The highest BCUT2D eigenvalue weighted by atomic mass is 16.3. The Balaban J connectivity index is 1.81. The Kier molecular flexibility index (Phi) is 2.33. The highest BCUT2D eigenvalue weighted by molar-refractivity contribution is 5.98. The molecule has 3 rings (SSSR count).